The molecular weight excluding hydrogens is 306 g/mol. The monoisotopic (exact) mass is 329 g/mol. The molecule has 6 heteroatoms. The maximum absolute atomic E-state index is 12.1. The lowest BCUT2D eigenvalue weighted by Crippen LogP contribution is -2.57. The topological polar surface area (TPSA) is 78.6 Å². The summed E-state index contributed by atoms with van der Waals surface area (Å²) in [5.74, 6) is -0.0474. The fraction of sp³-hybridized carbons (Fsp3) is 0.444. The number of benzene rings is 1. The summed E-state index contributed by atoms with van der Waals surface area (Å²) in [6, 6.07) is 9.52. The van der Waals surface area contributed by atoms with Crippen LogP contribution >= 0.6 is 0 Å². The van der Waals surface area contributed by atoms with Gasteiger partial charge in [-0.2, -0.15) is 0 Å². The number of carboxylic acid groups (broad SMARTS) is 1. The van der Waals surface area contributed by atoms with Crippen LogP contribution in [-0.4, -0.2) is 49.8 Å². The molecular formula is C18H23N3O3. The Morgan fingerprint density at radius 2 is 2.12 bits per heavy atom. The molecule has 3 rings (SSSR count). The van der Waals surface area contributed by atoms with E-state index in [9.17, 15) is 15.0 Å². The highest BCUT2D eigenvalue weighted by Crippen LogP contribution is 2.35. The van der Waals surface area contributed by atoms with Gasteiger partial charge in [0.2, 0.25) is 0 Å². The van der Waals surface area contributed by atoms with Crippen molar-refractivity contribution in [1.82, 2.24) is 14.5 Å². The lowest BCUT2D eigenvalue weighted by molar-refractivity contribution is -0.163. The predicted octanol–water partition coefficient (Wildman–Crippen LogP) is 1.30. The summed E-state index contributed by atoms with van der Waals surface area (Å²) in [6.07, 6.45) is 3.53. The van der Waals surface area contributed by atoms with Crippen molar-refractivity contribution in [2.75, 3.05) is 13.1 Å². The van der Waals surface area contributed by atoms with Crippen LogP contribution in [0.5, 0.6) is 0 Å². The number of aliphatic hydroxyl groups excluding tert-OH is 1. The van der Waals surface area contributed by atoms with Gasteiger partial charge < -0.3 is 14.8 Å². The van der Waals surface area contributed by atoms with Crippen LogP contribution in [-0.2, 0) is 24.8 Å². The summed E-state index contributed by atoms with van der Waals surface area (Å²) in [4.78, 5) is 18.5. The fourth-order valence-electron chi connectivity index (χ4n) is 3.47. The quantitative estimate of drug-likeness (QED) is 0.864. The third-order valence-electron chi connectivity index (χ3n) is 4.94. The van der Waals surface area contributed by atoms with Crippen LogP contribution in [0.15, 0.2) is 42.7 Å². The molecule has 2 heterocycles. The van der Waals surface area contributed by atoms with Crippen LogP contribution in [0.25, 0.3) is 0 Å². The number of aliphatic hydroxyl groups is 1. The molecule has 1 aromatic carbocycles. The zero-order chi connectivity index (χ0) is 17.2. The summed E-state index contributed by atoms with van der Waals surface area (Å²) < 4.78 is 1.94. The minimum absolute atomic E-state index is 0.311. The van der Waals surface area contributed by atoms with Gasteiger partial charge in [0, 0.05) is 32.5 Å². The third-order valence-corrected chi connectivity index (χ3v) is 4.94. The van der Waals surface area contributed by atoms with Gasteiger partial charge in [0.05, 0.1) is 12.6 Å². The first kappa shape index (κ1) is 16.7. The van der Waals surface area contributed by atoms with Gasteiger partial charge in [-0.25, -0.2) is 4.98 Å². The minimum atomic E-state index is -1.19. The normalized spacial score (nSPS) is 24.8. The molecule has 0 aliphatic carbocycles. The van der Waals surface area contributed by atoms with Crippen LogP contribution in [0.4, 0.5) is 0 Å². The van der Waals surface area contributed by atoms with Crippen LogP contribution in [0.3, 0.4) is 0 Å². The Bertz CT molecular complexity index is 701. The molecule has 1 aromatic heterocycles. The molecule has 6 nitrogen and oxygen atoms in total. The van der Waals surface area contributed by atoms with Gasteiger partial charge >= 0.3 is 5.97 Å². The molecule has 0 amide bonds. The Morgan fingerprint density at radius 1 is 1.38 bits per heavy atom. The van der Waals surface area contributed by atoms with E-state index in [2.05, 4.69) is 9.88 Å². The van der Waals surface area contributed by atoms with E-state index in [4.69, 9.17) is 0 Å². The second-order valence-corrected chi connectivity index (χ2v) is 6.59. The van der Waals surface area contributed by atoms with E-state index >= 15 is 0 Å². The molecule has 1 saturated heterocycles. The van der Waals surface area contributed by atoms with Crippen molar-refractivity contribution in [3.63, 3.8) is 0 Å². The van der Waals surface area contributed by atoms with Gasteiger partial charge in [0.1, 0.15) is 11.2 Å². The molecule has 2 aromatic rings. The number of aliphatic carboxylic acids is 1. The van der Waals surface area contributed by atoms with Crippen molar-refractivity contribution in [2.45, 2.75) is 25.5 Å². The van der Waals surface area contributed by atoms with Crippen LogP contribution in [0, 0.1) is 5.41 Å². The molecule has 0 saturated carbocycles. The number of nitrogens with zero attached hydrogens (tertiary/aromatic N) is 3. The number of aromatic nitrogens is 2. The highest BCUT2D eigenvalue weighted by atomic mass is 16.4. The van der Waals surface area contributed by atoms with Gasteiger partial charge in [-0.15, -0.1) is 0 Å². The molecule has 1 fully saturated rings. The molecule has 0 radical (unpaired) electrons. The molecule has 0 unspecified atom stereocenters. The minimum Gasteiger partial charge on any atom is -0.481 e. The van der Waals surface area contributed by atoms with Gasteiger partial charge in [-0.05, 0) is 18.4 Å². The highest BCUT2D eigenvalue weighted by Gasteiger charge is 2.49. The molecule has 1 aliphatic rings. The number of piperidine rings is 1. The smallest absolute Gasteiger partial charge is 0.313 e. The molecule has 0 bridgehead atoms. The summed E-state index contributed by atoms with van der Waals surface area (Å²) in [5.41, 5.74) is -0.261. The van der Waals surface area contributed by atoms with Gasteiger partial charge in [-0.1, -0.05) is 30.3 Å². The van der Waals surface area contributed by atoms with E-state index in [1.165, 1.54) is 0 Å². The van der Waals surface area contributed by atoms with Gasteiger partial charge in [-0.3, -0.25) is 9.69 Å². The van der Waals surface area contributed by atoms with Crippen molar-refractivity contribution in [3.05, 3.63) is 54.1 Å². The number of rotatable bonds is 5. The van der Waals surface area contributed by atoms with Gasteiger partial charge in [0.15, 0.2) is 0 Å². The van der Waals surface area contributed by atoms with Crippen molar-refractivity contribution >= 4 is 5.97 Å². The standard InChI is InChI=1S/C18H23N3O3/c1-20-10-8-19-16(20)12-21-9-7-15(22)18(13-21,17(23)24)11-14-5-3-2-4-6-14/h2-6,8,10,15,22H,7,9,11-13H2,1H3,(H,23,24)/t15-,18+/m0/s1. The molecule has 24 heavy (non-hydrogen) atoms. The average Bonchev–Trinajstić information content (AvgIpc) is 2.96. The van der Waals surface area contributed by atoms with E-state index in [0.29, 0.717) is 32.5 Å². The SMILES string of the molecule is Cn1ccnc1CN1CC[C@H](O)[C@](Cc2ccccc2)(C(=O)O)C1. The number of likely N-dealkylation sites (tertiary alicyclic amines) is 1. The number of carboxylic acids is 1. The molecule has 2 atom stereocenters. The lowest BCUT2D eigenvalue weighted by atomic mass is 9.73. The first-order valence-corrected chi connectivity index (χ1v) is 8.15. The Balaban J connectivity index is 1.83. The number of hydrogen-bond acceptors (Lipinski definition) is 4. The van der Waals surface area contributed by atoms with E-state index in [1.807, 2.05) is 48.1 Å². The van der Waals surface area contributed by atoms with Gasteiger partial charge in [0.25, 0.3) is 0 Å². The first-order chi connectivity index (χ1) is 11.5. The largest absolute Gasteiger partial charge is 0.481 e. The Morgan fingerprint density at radius 3 is 2.75 bits per heavy atom. The second-order valence-electron chi connectivity index (χ2n) is 6.59. The van der Waals surface area contributed by atoms with Crippen LogP contribution in [0.1, 0.15) is 17.8 Å². The van der Waals surface area contributed by atoms with Crippen LogP contribution in [0.2, 0.25) is 0 Å². The van der Waals surface area contributed by atoms with Crippen molar-refractivity contribution in [2.24, 2.45) is 12.5 Å². The van der Waals surface area contributed by atoms with E-state index < -0.39 is 17.5 Å². The maximum atomic E-state index is 12.1. The van der Waals surface area contributed by atoms with Crippen molar-refractivity contribution in [1.29, 1.82) is 0 Å². The van der Waals surface area contributed by atoms with Crippen molar-refractivity contribution < 1.29 is 15.0 Å². The third kappa shape index (κ3) is 3.20. The van der Waals surface area contributed by atoms with Crippen LogP contribution < -0.4 is 0 Å². The Labute approximate surface area is 141 Å². The number of hydrogen-bond donors (Lipinski definition) is 2. The number of imidazole rings is 1. The predicted molar refractivity (Wildman–Crippen MR) is 89.3 cm³/mol. The zero-order valence-corrected chi connectivity index (χ0v) is 13.8. The first-order valence-electron chi connectivity index (χ1n) is 8.15. The fourth-order valence-corrected chi connectivity index (χ4v) is 3.47. The Hall–Kier alpha value is -2.18. The summed E-state index contributed by atoms with van der Waals surface area (Å²) in [7, 11) is 1.93. The molecule has 0 spiro atoms. The average molecular weight is 329 g/mol. The van der Waals surface area contributed by atoms with E-state index in [-0.39, 0.29) is 0 Å². The number of carbonyl (C=O) groups is 1. The molecule has 1 aliphatic heterocycles. The zero-order valence-electron chi connectivity index (χ0n) is 13.8. The second kappa shape index (κ2) is 6.75. The summed E-state index contributed by atoms with van der Waals surface area (Å²) in [6.45, 7) is 1.56. The van der Waals surface area contributed by atoms with E-state index in [0.717, 1.165) is 11.4 Å². The maximum Gasteiger partial charge on any atom is 0.313 e. The lowest BCUT2D eigenvalue weighted by Gasteiger charge is -2.43. The Kier molecular flexibility index (Phi) is 4.69. The highest BCUT2D eigenvalue weighted by molar-refractivity contribution is 5.76. The molecule has 2 N–H and O–H groups in total. The molecule has 128 valence electrons. The number of aryl methyl sites for hydroxylation is 1. The van der Waals surface area contributed by atoms with Crippen molar-refractivity contribution in [3.8, 4) is 0 Å². The van der Waals surface area contributed by atoms with E-state index in [1.54, 1.807) is 6.20 Å². The summed E-state index contributed by atoms with van der Waals surface area (Å²) >= 11 is 0. The summed E-state index contributed by atoms with van der Waals surface area (Å²) in [5, 5.41) is 20.4.